The molecule has 1 aromatic carbocycles. The molecule has 1 saturated heterocycles. The second kappa shape index (κ2) is 10.7. The molecule has 0 unspecified atom stereocenters. The van der Waals surface area contributed by atoms with Gasteiger partial charge >= 0.3 is 5.97 Å². The smallest absolute Gasteiger partial charge is 0.343 e. The number of ether oxygens (including phenoxy) is 1. The number of nitrogens with one attached hydrogen (secondary N) is 1. The van der Waals surface area contributed by atoms with Gasteiger partial charge in [-0.15, -0.1) is 10.2 Å². The van der Waals surface area contributed by atoms with Gasteiger partial charge in [-0.3, -0.25) is 9.59 Å². The predicted octanol–water partition coefficient (Wildman–Crippen LogP) is 3.14. The molecule has 1 N–H and O–H groups in total. The van der Waals surface area contributed by atoms with E-state index in [1.165, 1.54) is 57.7 Å². The van der Waals surface area contributed by atoms with E-state index in [0.717, 1.165) is 31.9 Å². The number of esters is 1. The number of aromatic nitrogens is 2. The first-order valence-corrected chi connectivity index (χ1v) is 14.7. The highest BCUT2D eigenvalue weighted by Crippen LogP contribution is 2.32. The molecule has 1 amide bonds. The van der Waals surface area contributed by atoms with E-state index in [1.54, 1.807) is 0 Å². The number of hydrogen-bond donors (Lipinski definition) is 1. The largest absolute Gasteiger partial charge is 0.464 e. The number of amides is 1. The first-order valence-electron chi connectivity index (χ1n) is 11.5. The molecule has 0 atom stereocenters. The van der Waals surface area contributed by atoms with Crippen molar-refractivity contribution in [2.45, 2.75) is 40.7 Å². The van der Waals surface area contributed by atoms with E-state index < -0.39 is 21.4 Å². The van der Waals surface area contributed by atoms with Crippen molar-refractivity contribution >= 4 is 50.1 Å². The third-order valence-corrected chi connectivity index (χ3v) is 9.68. The van der Waals surface area contributed by atoms with E-state index in [-0.39, 0.29) is 33.8 Å². The Balaban J connectivity index is 1.17. The maximum atomic E-state index is 12.6. The minimum atomic E-state index is -3.59. The summed E-state index contributed by atoms with van der Waals surface area (Å²) in [4.78, 5) is 36.8. The number of sulfonamides is 1. The Morgan fingerprint density at radius 1 is 1.16 bits per heavy atom. The monoisotopic (exact) mass is 562 g/mol. The zero-order chi connectivity index (χ0) is 26.0. The third kappa shape index (κ3) is 6.09. The van der Waals surface area contributed by atoms with Gasteiger partial charge in [0.2, 0.25) is 32.2 Å². The van der Waals surface area contributed by atoms with Crippen molar-refractivity contribution in [3.8, 4) is 5.75 Å². The number of rotatable bonds is 9. The fraction of sp³-hybridized carbons (Fsp3) is 0.348. The molecular weight excluding hydrogens is 540 g/mol. The summed E-state index contributed by atoms with van der Waals surface area (Å²) in [6.07, 6.45) is 4.50. The molecule has 0 radical (unpaired) electrons. The van der Waals surface area contributed by atoms with Crippen molar-refractivity contribution in [3.05, 3.63) is 58.1 Å². The van der Waals surface area contributed by atoms with Gasteiger partial charge in [0.15, 0.2) is 4.34 Å². The van der Waals surface area contributed by atoms with Crippen LogP contribution in [-0.4, -0.2) is 47.9 Å². The second-order valence-corrected chi connectivity index (χ2v) is 12.7. The van der Waals surface area contributed by atoms with Gasteiger partial charge in [-0.1, -0.05) is 23.1 Å². The molecule has 1 saturated carbocycles. The summed E-state index contributed by atoms with van der Waals surface area (Å²) in [5, 5.41) is 11.1. The Bertz CT molecular complexity index is 1470. The lowest BCUT2D eigenvalue weighted by atomic mass is 10.2. The van der Waals surface area contributed by atoms with E-state index >= 15 is 0 Å². The van der Waals surface area contributed by atoms with Gasteiger partial charge < -0.3 is 14.5 Å². The van der Waals surface area contributed by atoms with Crippen molar-refractivity contribution in [1.29, 1.82) is 0 Å². The van der Waals surface area contributed by atoms with Crippen LogP contribution in [0.15, 0.2) is 55.0 Å². The van der Waals surface area contributed by atoms with Crippen molar-refractivity contribution < 1.29 is 27.2 Å². The van der Waals surface area contributed by atoms with Crippen molar-refractivity contribution in [3.63, 3.8) is 0 Å². The van der Waals surface area contributed by atoms with E-state index in [4.69, 9.17) is 9.15 Å². The molecule has 14 heteroatoms. The number of carbonyl (C=O) groups is 2. The molecule has 37 heavy (non-hydrogen) atoms. The zero-order valence-electron chi connectivity index (χ0n) is 19.4. The SMILES string of the molecule is O=C(Oc1coc(CSc2nnc(NC(=O)C3CC3)s2)cc1=O)c1ccc(S(=O)(=O)N2CCCC2)cc1. The van der Waals surface area contributed by atoms with Crippen molar-refractivity contribution in [1.82, 2.24) is 14.5 Å². The van der Waals surface area contributed by atoms with Crippen LogP contribution in [0.25, 0.3) is 0 Å². The molecule has 3 aromatic rings. The topological polar surface area (TPSA) is 149 Å². The molecule has 0 bridgehead atoms. The molecule has 2 aromatic heterocycles. The summed E-state index contributed by atoms with van der Waals surface area (Å²) in [5.74, 6) is -0.460. The second-order valence-electron chi connectivity index (χ2n) is 8.53. The number of nitrogens with zero attached hydrogens (tertiary/aromatic N) is 3. The van der Waals surface area contributed by atoms with Crippen LogP contribution >= 0.6 is 23.1 Å². The standard InChI is InChI=1S/C23H22N4O7S3/c28-18-11-16(13-35-23-26-25-22(36-23)24-20(29)14-3-4-14)33-12-19(18)34-21(30)15-5-7-17(8-6-15)37(31,32)27-9-1-2-10-27/h5-8,11-12,14H,1-4,9-10,13H2,(H,24,25,29). The summed E-state index contributed by atoms with van der Waals surface area (Å²) >= 11 is 2.51. The quantitative estimate of drug-likeness (QED) is 0.234. The highest BCUT2D eigenvalue weighted by atomic mass is 32.2. The number of hydrogen-bond acceptors (Lipinski definition) is 11. The predicted molar refractivity (Wildman–Crippen MR) is 135 cm³/mol. The normalized spacial score (nSPS) is 16.0. The molecule has 1 aliphatic carbocycles. The maximum absolute atomic E-state index is 12.6. The Morgan fingerprint density at radius 3 is 2.57 bits per heavy atom. The van der Waals surface area contributed by atoms with Gasteiger partial charge in [-0.2, -0.15) is 4.31 Å². The first kappa shape index (κ1) is 25.6. The van der Waals surface area contributed by atoms with E-state index in [2.05, 4.69) is 15.5 Å². The van der Waals surface area contributed by atoms with Gasteiger partial charge in [0.1, 0.15) is 12.0 Å². The Kier molecular flexibility index (Phi) is 7.42. The van der Waals surface area contributed by atoms with E-state index in [1.807, 2.05) is 0 Å². The average molecular weight is 563 g/mol. The molecule has 1 aliphatic heterocycles. The van der Waals surface area contributed by atoms with Gasteiger partial charge in [-0.25, -0.2) is 13.2 Å². The summed E-state index contributed by atoms with van der Waals surface area (Å²) in [6, 6.07) is 6.62. The fourth-order valence-electron chi connectivity index (χ4n) is 3.59. The lowest BCUT2D eigenvalue weighted by molar-refractivity contribution is -0.117. The van der Waals surface area contributed by atoms with Crippen LogP contribution in [0.1, 0.15) is 41.8 Å². The summed E-state index contributed by atoms with van der Waals surface area (Å²) < 4.78 is 37.9. The van der Waals surface area contributed by atoms with Crippen LogP contribution in [0.3, 0.4) is 0 Å². The van der Waals surface area contributed by atoms with Crippen LogP contribution in [0.5, 0.6) is 5.75 Å². The zero-order valence-corrected chi connectivity index (χ0v) is 21.9. The van der Waals surface area contributed by atoms with Gasteiger partial charge in [-0.05, 0) is 49.9 Å². The minimum absolute atomic E-state index is 0.0492. The van der Waals surface area contributed by atoms with Gasteiger partial charge in [0.05, 0.1) is 16.2 Å². The molecular formula is C23H22N4O7S3. The Hall–Kier alpha value is -3.07. The minimum Gasteiger partial charge on any atom is -0.464 e. The van der Waals surface area contributed by atoms with Crippen LogP contribution in [-0.2, 0) is 20.6 Å². The molecule has 3 heterocycles. The highest BCUT2D eigenvalue weighted by Gasteiger charge is 2.30. The highest BCUT2D eigenvalue weighted by molar-refractivity contribution is 8.00. The molecule has 5 rings (SSSR count). The molecule has 194 valence electrons. The van der Waals surface area contributed by atoms with Crippen LogP contribution < -0.4 is 15.5 Å². The van der Waals surface area contributed by atoms with E-state index in [0.29, 0.717) is 28.3 Å². The summed E-state index contributed by atoms with van der Waals surface area (Å²) in [5.41, 5.74) is -0.446. The van der Waals surface area contributed by atoms with Crippen LogP contribution in [0.4, 0.5) is 5.13 Å². The van der Waals surface area contributed by atoms with Gasteiger partial charge in [0.25, 0.3) is 0 Å². The van der Waals surface area contributed by atoms with E-state index in [9.17, 15) is 22.8 Å². The number of anilines is 1. The molecule has 2 fully saturated rings. The lowest BCUT2D eigenvalue weighted by Gasteiger charge is -2.15. The Labute approximate surface area is 220 Å². The fourth-order valence-corrected chi connectivity index (χ4v) is 6.75. The summed E-state index contributed by atoms with van der Waals surface area (Å²) in [6.45, 7) is 0.966. The van der Waals surface area contributed by atoms with Crippen molar-refractivity contribution in [2.75, 3.05) is 18.4 Å². The molecule has 11 nitrogen and oxygen atoms in total. The lowest BCUT2D eigenvalue weighted by Crippen LogP contribution is -2.27. The third-order valence-electron chi connectivity index (χ3n) is 5.77. The maximum Gasteiger partial charge on any atom is 0.343 e. The number of benzene rings is 1. The molecule has 2 aliphatic rings. The Morgan fingerprint density at radius 2 is 1.89 bits per heavy atom. The number of carbonyl (C=O) groups excluding carboxylic acids is 2. The van der Waals surface area contributed by atoms with Crippen LogP contribution in [0, 0.1) is 5.92 Å². The van der Waals surface area contributed by atoms with Gasteiger partial charge in [0, 0.05) is 25.1 Å². The average Bonchev–Trinajstić information content (AvgIpc) is 3.40. The van der Waals surface area contributed by atoms with Crippen molar-refractivity contribution in [2.24, 2.45) is 5.92 Å². The number of thioether (sulfide) groups is 1. The van der Waals surface area contributed by atoms with Crippen LogP contribution in [0.2, 0.25) is 0 Å². The first-order chi connectivity index (χ1) is 17.8. The molecule has 0 spiro atoms. The summed E-state index contributed by atoms with van der Waals surface area (Å²) in [7, 11) is -3.59.